The minimum Gasteiger partial charge on any atom is -0.505 e. The minimum absolute atomic E-state index is 0.134. The highest BCUT2D eigenvalue weighted by Crippen LogP contribution is 2.36. The Labute approximate surface area is 163 Å². The Bertz CT molecular complexity index is 1120. The largest absolute Gasteiger partial charge is 0.505 e. The molecular weight excluding hydrogens is 351 g/mol. The molecule has 3 nitrogen and oxygen atoms in total. The number of fused-ring (bicyclic) bond motifs is 1. The number of nitrogens with one attached hydrogen (secondary N) is 1. The van der Waals surface area contributed by atoms with E-state index in [1.807, 2.05) is 62.4 Å². The van der Waals surface area contributed by atoms with E-state index in [1.165, 1.54) is 12.1 Å². The molecule has 4 rings (SSSR count). The minimum atomic E-state index is -0.352. The van der Waals surface area contributed by atoms with Crippen molar-refractivity contribution in [3.63, 3.8) is 0 Å². The molecule has 0 fully saturated rings. The number of rotatable bonds is 4. The van der Waals surface area contributed by atoms with Crippen LogP contribution in [0.25, 0.3) is 10.9 Å². The summed E-state index contributed by atoms with van der Waals surface area (Å²) in [6, 6.07) is 21.7. The van der Waals surface area contributed by atoms with Crippen molar-refractivity contribution in [2.24, 2.45) is 0 Å². The van der Waals surface area contributed by atoms with Crippen molar-refractivity contribution in [2.75, 3.05) is 5.32 Å². The van der Waals surface area contributed by atoms with E-state index in [1.54, 1.807) is 12.1 Å². The van der Waals surface area contributed by atoms with Gasteiger partial charge in [-0.25, -0.2) is 9.37 Å². The smallest absolute Gasteiger partial charge is 0.147 e. The van der Waals surface area contributed by atoms with Gasteiger partial charge in [0.05, 0.1) is 6.04 Å². The molecule has 1 aromatic heterocycles. The Kier molecular flexibility index (Phi) is 4.70. The van der Waals surface area contributed by atoms with Gasteiger partial charge >= 0.3 is 0 Å². The summed E-state index contributed by atoms with van der Waals surface area (Å²) >= 11 is 0. The molecule has 1 atom stereocenters. The van der Waals surface area contributed by atoms with Crippen molar-refractivity contribution in [3.8, 4) is 5.75 Å². The van der Waals surface area contributed by atoms with Gasteiger partial charge in [-0.2, -0.15) is 0 Å². The lowest BCUT2D eigenvalue weighted by Crippen LogP contribution is -2.13. The summed E-state index contributed by atoms with van der Waals surface area (Å²) in [4.78, 5) is 4.51. The maximum Gasteiger partial charge on any atom is 0.147 e. The quantitative estimate of drug-likeness (QED) is 0.469. The Morgan fingerprint density at radius 1 is 0.857 bits per heavy atom. The monoisotopic (exact) mass is 372 g/mol. The van der Waals surface area contributed by atoms with Gasteiger partial charge in [0.15, 0.2) is 0 Å². The van der Waals surface area contributed by atoms with Gasteiger partial charge in [-0.15, -0.1) is 0 Å². The molecule has 0 saturated carbocycles. The molecule has 28 heavy (non-hydrogen) atoms. The third-order valence-electron chi connectivity index (χ3n) is 4.88. The second-order valence-electron chi connectivity index (χ2n) is 7.02. The van der Waals surface area contributed by atoms with Crippen molar-refractivity contribution in [2.45, 2.75) is 19.9 Å². The molecule has 2 N–H and O–H groups in total. The molecular formula is C24H21FN2O. The Balaban J connectivity index is 1.84. The number of phenols is 1. The maximum atomic E-state index is 13.5. The van der Waals surface area contributed by atoms with Crippen LogP contribution in [-0.4, -0.2) is 10.1 Å². The standard InChI is InChI=1S/C24H21FN2O/c1-15-3-12-20(13-4-15)27-22(17-7-10-19(25)11-8-17)21-14-9-18-6-5-16(2)26-23(18)24(21)28/h3-14,22,27-28H,1-2H3. The van der Waals surface area contributed by atoms with Gasteiger partial charge in [0.2, 0.25) is 0 Å². The van der Waals surface area contributed by atoms with Crippen molar-refractivity contribution in [1.29, 1.82) is 0 Å². The van der Waals surface area contributed by atoms with E-state index < -0.39 is 0 Å². The van der Waals surface area contributed by atoms with Crippen molar-refractivity contribution < 1.29 is 9.50 Å². The second kappa shape index (κ2) is 7.31. The van der Waals surface area contributed by atoms with Crippen molar-refractivity contribution in [3.05, 3.63) is 101 Å². The van der Waals surface area contributed by atoms with Gasteiger partial charge in [0.25, 0.3) is 0 Å². The predicted octanol–water partition coefficient (Wildman–Crippen LogP) is 5.90. The number of aromatic nitrogens is 1. The molecule has 0 spiro atoms. The predicted molar refractivity (Wildman–Crippen MR) is 111 cm³/mol. The Hall–Kier alpha value is -3.40. The lowest BCUT2D eigenvalue weighted by atomic mass is 9.95. The van der Waals surface area contributed by atoms with Crippen LogP contribution < -0.4 is 5.32 Å². The number of aromatic hydroxyl groups is 1. The second-order valence-corrected chi connectivity index (χ2v) is 7.02. The van der Waals surface area contributed by atoms with Gasteiger partial charge in [-0.1, -0.05) is 48.0 Å². The lowest BCUT2D eigenvalue weighted by Gasteiger charge is -2.23. The number of halogens is 1. The first kappa shape index (κ1) is 18.0. The van der Waals surface area contributed by atoms with Crippen LogP contribution in [0.4, 0.5) is 10.1 Å². The summed E-state index contributed by atoms with van der Waals surface area (Å²) in [6.07, 6.45) is 0. The van der Waals surface area contributed by atoms with Crippen LogP contribution >= 0.6 is 0 Å². The van der Waals surface area contributed by atoms with Gasteiger partial charge in [0.1, 0.15) is 17.1 Å². The summed E-state index contributed by atoms with van der Waals surface area (Å²) in [5, 5.41) is 15.3. The molecule has 0 saturated heterocycles. The average molecular weight is 372 g/mol. The fourth-order valence-electron chi connectivity index (χ4n) is 3.33. The molecule has 4 heteroatoms. The number of anilines is 1. The summed E-state index contributed by atoms with van der Waals surface area (Å²) in [5.74, 6) is -0.159. The zero-order chi connectivity index (χ0) is 19.7. The van der Waals surface area contributed by atoms with Crippen molar-refractivity contribution >= 4 is 16.6 Å². The van der Waals surface area contributed by atoms with E-state index in [9.17, 15) is 9.50 Å². The summed E-state index contributed by atoms with van der Waals surface area (Å²) in [5.41, 5.74) is 5.02. The number of phenolic OH excluding ortho intramolecular Hbond substituents is 1. The zero-order valence-electron chi connectivity index (χ0n) is 15.8. The van der Waals surface area contributed by atoms with E-state index in [0.29, 0.717) is 11.1 Å². The fraction of sp³-hybridized carbons (Fsp3) is 0.125. The molecule has 3 aromatic carbocycles. The Morgan fingerprint density at radius 3 is 2.25 bits per heavy atom. The lowest BCUT2D eigenvalue weighted by molar-refractivity contribution is 0.471. The number of nitrogens with zero attached hydrogens (tertiary/aromatic N) is 1. The normalized spacial score (nSPS) is 12.1. The topological polar surface area (TPSA) is 45.2 Å². The average Bonchev–Trinajstić information content (AvgIpc) is 2.70. The van der Waals surface area contributed by atoms with Crippen LogP contribution in [0, 0.1) is 19.7 Å². The molecule has 1 heterocycles. The van der Waals surface area contributed by atoms with E-state index in [2.05, 4.69) is 10.3 Å². The molecule has 0 aliphatic rings. The number of hydrogen-bond acceptors (Lipinski definition) is 3. The number of hydrogen-bond donors (Lipinski definition) is 2. The first-order valence-electron chi connectivity index (χ1n) is 9.19. The molecule has 0 aliphatic heterocycles. The molecule has 140 valence electrons. The first-order chi connectivity index (χ1) is 13.5. The van der Waals surface area contributed by atoms with Crippen LogP contribution in [0.15, 0.2) is 72.8 Å². The van der Waals surface area contributed by atoms with E-state index in [4.69, 9.17) is 0 Å². The first-order valence-corrected chi connectivity index (χ1v) is 9.19. The Morgan fingerprint density at radius 2 is 1.54 bits per heavy atom. The van der Waals surface area contributed by atoms with Gasteiger partial charge < -0.3 is 10.4 Å². The highest BCUT2D eigenvalue weighted by Gasteiger charge is 2.20. The molecule has 1 unspecified atom stereocenters. The molecule has 0 bridgehead atoms. The van der Waals surface area contributed by atoms with E-state index in [0.717, 1.165) is 27.9 Å². The summed E-state index contributed by atoms with van der Waals surface area (Å²) in [7, 11) is 0. The van der Waals surface area contributed by atoms with Crippen LogP contribution in [0.1, 0.15) is 28.4 Å². The molecule has 4 aromatic rings. The van der Waals surface area contributed by atoms with Crippen LogP contribution in [0.5, 0.6) is 5.75 Å². The molecule has 0 amide bonds. The van der Waals surface area contributed by atoms with Gasteiger partial charge in [-0.3, -0.25) is 0 Å². The highest BCUT2D eigenvalue weighted by atomic mass is 19.1. The van der Waals surface area contributed by atoms with Crippen LogP contribution in [-0.2, 0) is 0 Å². The van der Waals surface area contributed by atoms with Gasteiger partial charge in [-0.05, 0) is 49.7 Å². The highest BCUT2D eigenvalue weighted by molar-refractivity contribution is 5.86. The zero-order valence-corrected chi connectivity index (χ0v) is 15.8. The summed E-state index contributed by atoms with van der Waals surface area (Å²) in [6.45, 7) is 3.93. The van der Waals surface area contributed by atoms with Crippen LogP contribution in [0.3, 0.4) is 0 Å². The van der Waals surface area contributed by atoms with E-state index >= 15 is 0 Å². The number of benzene rings is 3. The number of pyridine rings is 1. The third kappa shape index (κ3) is 3.54. The van der Waals surface area contributed by atoms with E-state index in [-0.39, 0.29) is 17.6 Å². The van der Waals surface area contributed by atoms with Crippen LogP contribution in [0.2, 0.25) is 0 Å². The van der Waals surface area contributed by atoms with Gasteiger partial charge in [0, 0.05) is 22.3 Å². The summed E-state index contributed by atoms with van der Waals surface area (Å²) < 4.78 is 13.5. The third-order valence-corrected chi connectivity index (χ3v) is 4.88. The SMILES string of the molecule is Cc1ccc(NC(c2ccc(F)cc2)c2ccc3ccc(C)nc3c2O)cc1. The molecule has 0 radical (unpaired) electrons. The van der Waals surface area contributed by atoms with Crippen molar-refractivity contribution in [1.82, 2.24) is 4.98 Å². The fourth-order valence-corrected chi connectivity index (χ4v) is 3.33. The number of aryl methyl sites for hydroxylation is 2. The molecule has 0 aliphatic carbocycles. The maximum absolute atomic E-state index is 13.5.